The van der Waals surface area contributed by atoms with E-state index in [9.17, 15) is 9.90 Å². The summed E-state index contributed by atoms with van der Waals surface area (Å²) in [6.45, 7) is 3.67. The molecule has 1 aromatic carbocycles. The Morgan fingerprint density at radius 1 is 1.43 bits per heavy atom. The highest BCUT2D eigenvalue weighted by Crippen LogP contribution is 2.31. The summed E-state index contributed by atoms with van der Waals surface area (Å²) in [5.41, 5.74) is 2.29. The quantitative estimate of drug-likeness (QED) is 0.792. The minimum atomic E-state index is -1.00. The number of hydrogen-bond acceptors (Lipinski definition) is 4. The van der Waals surface area contributed by atoms with Crippen LogP contribution in [0, 0.1) is 13.8 Å². The average Bonchev–Trinajstić information content (AvgIpc) is 2.81. The van der Waals surface area contributed by atoms with Crippen molar-refractivity contribution in [1.29, 1.82) is 0 Å². The van der Waals surface area contributed by atoms with E-state index >= 15 is 0 Å². The van der Waals surface area contributed by atoms with E-state index in [4.69, 9.17) is 16.0 Å². The summed E-state index contributed by atoms with van der Waals surface area (Å²) in [6.07, 6.45) is 1.88. The van der Waals surface area contributed by atoms with Crippen molar-refractivity contribution in [2.24, 2.45) is 0 Å². The van der Waals surface area contributed by atoms with Crippen LogP contribution in [-0.4, -0.2) is 17.3 Å². The highest BCUT2D eigenvalue weighted by atomic mass is 35.5. The van der Waals surface area contributed by atoms with Gasteiger partial charge in [-0.1, -0.05) is 29.4 Å². The molecule has 1 unspecified atom stereocenters. The molecule has 4 nitrogen and oxygen atoms in total. The molecule has 2 N–H and O–H groups in total. The lowest BCUT2D eigenvalue weighted by Crippen LogP contribution is -2.21. The molecule has 6 heteroatoms. The molecule has 0 amide bonds. The Morgan fingerprint density at radius 3 is 2.71 bits per heavy atom. The van der Waals surface area contributed by atoms with Crippen molar-refractivity contribution in [2.45, 2.75) is 25.0 Å². The standard InChI is InChI=1S/C15H16ClNO3S/c1-8-7-12(21-3)20-14(8)13(15(18)19)17-11-6-4-5-10(16)9(11)2/h4-7,13,17H,1-3H3,(H,18,19). The highest BCUT2D eigenvalue weighted by molar-refractivity contribution is 7.98. The molecule has 0 aliphatic carbocycles. The average molecular weight is 326 g/mol. The Kier molecular flexibility index (Phi) is 4.85. The van der Waals surface area contributed by atoms with E-state index in [1.807, 2.05) is 26.2 Å². The van der Waals surface area contributed by atoms with Gasteiger partial charge in [0.15, 0.2) is 11.1 Å². The van der Waals surface area contributed by atoms with Crippen LogP contribution < -0.4 is 5.32 Å². The van der Waals surface area contributed by atoms with Crippen molar-refractivity contribution in [1.82, 2.24) is 0 Å². The second-order valence-electron chi connectivity index (χ2n) is 4.64. The third-order valence-electron chi connectivity index (χ3n) is 3.21. The smallest absolute Gasteiger partial charge is 0.334 e. The van der Waals surface area contributed by atoms with Gasteiger partial charge in [-0.15, -0.1) is 0 Å². The third kappa shape index (κ3) is 3.36. The summed E-state index contributed by atoms with van der Waals surface area (Å²) in [4.78, 5) is 11.6. The van der Waals surface area contributed by atoms with Gasteiger partial charge in [0.2, 0.25) is 0 Å². The Balaban J connectivity index is 2.38. The Bertz CT molecular complexity index is 669. The number of carbonyl (C=O) groups is 1. The van der Waals surface area contributed by atoms with Gasteiger partial charge in [0.05, 0.1) is 0 Å². The number of halogens is 1. The van der Waals surface area contributed by atoms with Crippen molar-refractivity contribution < 1.29 is 14.3 Å². The molecular formula is C15H16ClNO3S. The Morgan fingerprint density at radius 2 is 2.14 bits per heavy atom. The molecule has 1 aromatic heterocycles. The van der Waals surface area contributed by atoms with E-state index in [0.717, 1.165) is 11.1 Å². The lowest BCUT2D eigenvalue weighted by Gasteiger charge is -2.17. The predicted octanol–water partition coefficient (Wildman–Crippen LogP) is 4.51. The summed E-state index contributed by atoms with van der Waals surface area (Å²) in [7, 11) is 0. The molecule has 0 spiro atoms. The van der Waals surface area contributed by atoms with Crippen LogP contribution in [-0.2, 0) is 4.79 Å². The van der Waals surface area contributed by atoms with Crippen molar-refractivity contribution in [3.8, 4) is 0 Å². The van der Waals surface area contributed by atoms with Gasteiger partial charge in [-0.05, 0) is 49.4 Å². The lowest BCUT2D eigenvalue weighted by molar-refractivity contribution is -0.138. The van der Waals surface area contributed by atoms with Gasteiger partial charge >= 0.3 is 5.97 Å². The molecule has 2 rings (SSSR count). The molecule has 0 saturated heterocycles. The zero-order chi connectivity index (χ0) is 15.6. The fourth-order valence-electron chi connectivity index (χ4n) is 2.01. The number of hydrogen-bond donors (Lipinski definition) is 2. The van der Waals surface area contributed by atoms with Gasteiger partial charge in [0.25, 0.3) is 0 Å². The first-order valence-corrected chi connectivity index (χ1v) is 7.93. The number of carboxylic acids is 1. The minimum absolute atomic E-state index is 0.409. The van der Waals surface area contributed by atoms with E-state index < -0.39 is 12.0 Å². The van der Waals surface area contributed by atoms with Gasteiger partial charge in [-0.3, -0.25) is 0 Å². The number of aryl methyl sites for hydroxylation is 1. The molecule has 0 radical (unpaired) electrons. The van der Waals surface area contributed by atoms with Gasteiger partial charge in [0, 0.05) is 10.7 Å². The van der Waals surface area contributed by atoms with Crippen LogP contribution in [0.4, 0.5) is 5.69 Å². The number of anilines is 1. The number of carboxylic acid groups (broad SMARTS) is 1. The number of rotatable bonds is 5. The first-order chi connectivity index (χ1) is 9.93. The second kappa shape index (κ2) is 6.45. The minimum Gasteiger partial charge on any atom is -0.479 e. The predicted molar refractivity (Wildman–Crippen MR) is 85.4 cm³/mol. The van der Waals surface area contributed by atoms with E-state index in [-0.39, 0.29) is 0 Å². The third-order valence-corrected chi connectivity index (χ3v) is 4.22. The summed E-state index contributed by atoms with van der Waals surface area (Å²) >= 11 is 7.50. The van der Waals surface area contributed by atoms with Gasteiger partial charge in [-0.2, -0.15) is 0 Å². The van der Waals surface area contributed by atoms with Crippen molar-refractivity contribution in [2.75, 3.05) is 11.6 Å². The molecule has 0 aliphatic rings. The molecular weight excluding hydrogens is 310 g/mol. The number of aliphatic carboxylic acids is 1. The SMILES string of the molecule is CSc1cc(C)c(C(Nc2cccc(Cl)c2C)C(=O)O)o1. The second-order valence-corrected chi connectivity index (χ2v) is 5.86. The van der Waals surface area contributed by atoms with E-state index in [1.165, 1.54) is 11.8 Å². The summed E-state index contributed by atoms with van der Waals surface area (Å²) < 4.78 is 5.62. The normalized spacial score (nSPS) is 12.2. The van der Waals surface area contributed by atoms with E-state index in [1.54, 1.807) is 18.2 Å². The highest BCUT2D eigenvalue weighted by Gasteiger charge is 2.26. The molecule has 1 atom stereocenters. The van der Waals surface area contributed by atoms with Gasteiger partial charge < -0.3 is 14.8 Å². The number of nitrogens with one attached hydrogen (secondary N) is 1. The first-order valence-electron chi connectivity index (χ1n) is 6.32. The molecule has 0 saturated carbocycles. The summed E-state index contributed by atoms with van der Waals surface area (Å²) in [6, 6.07) is 6.22. The van der Waals surface area contributed by atoms with Crippen LogP contribution >= 0.6 is 23.4 Å². The Labute approximate surface area is 132 Å². The summed E-state index contributed by atoms with van der Waals surface area (Å²) in [5, 5.41) is 13.8. The fraction of sp³-hybridized carbons (Fsp3) is 0.267. The number of benzene rings is 1. The largest absolute Gasteiger partial charge is 0.479 e. The van der Waals surface area contributed by atoms with Crippen molar-refractivity contribution >= 4 is 35.0 Å². The molecule has 0 aliphatic heterocycles. The maximum absolute atomic E-state index is 11.6. The molecule has 1 heterocycles. The maximum atomic E-state index is 11.6. The van der Waals surface area contributed by atoms with E-state index in [2.05, 4.69) is 5.32 Å². The van der Waals surface area contributed by atoms with Crippen LogP contribution in [0.3, 0.4) is 0 Å². The molecule has 0 fully saturated rings. The van der Waals surface area contributed by atoms with Crippen molar-refractivity contribution in [3.05, 3.63) is 46.2 Å². The lowest BCUT2D eigenvalue weighted by atomic mass is 10.1. The molecule has 0 bridgehead atoms. The Hall–Kier alpha value is -1.59. The van der Waals surface area contributed by atoms with Gasteiger partial charge in [-0.25, -0.2) is 4.79 Å². The van der Waals surface area contributed by atoms with Gasteiger partial charge in [0.1, 0.15) is 5.76 Å². The van der Waals surface area contributed by atoms with Crippen LogP contribution in [0.5, 0.6) is 0 Å². The maximum Gasteiger partial charge on any atom is 0.334 e. The topological polar surface area (TPSA) is 62.5 Å². The molecule has 2 aromatic rings. The monoisotopic (exact) mass is 325 g/mol. The van der Waals surface area contributed by atoms with Crippen LogP contribution in [0.1, 0.15) is 22.9 Å². The van der Waals surface area contributed by atoms with Crippen LogP contribution in [0.2, 0.25) is 5.02 Å². The zero-order valence-electron chi connectivity index (χ0n) is 11.9. The van der Waals surface area contributed by atoms with E-state index in [0.29, 0.717) is 21.6 Å². The van der Waals surface area contributed by atoms with Crippen LogP contribution in [0.25, 0.3) is 0 Å². The van der Waals surface area contributed by atoms with Crippen molar-refractivity contribution in [3.63, 3.8) is 0 Å². The van der Waals surface area contributed by atoms with Crippen LogP contribution in [0.15, 0.2) is 33.8 Å². The molecule has 112 valence electrons. The fourth-order valence-corrected chi connectivity index (χ4v) is 2.65. The summed E-state index contributed by atoms with van der Waals surface area (Å²) in [5.74, 6) is -0.592. The first kappa shape index (κ1) is 15.8. The molecule has 21 heavy (non-hydrogen) atoms. The number of furan rings is 1. The number of thioether (sulfide) groups is 1. The zero-order valence-corrected chi connectivity index (χ0v) is 13.5.